The Bertz CT molecular complexity index is 755. The number of carbonyl (C=O) groups excluding carboxylic acids is 1. The smallest absolute Gasteiger partial charge is 0.177 e. The van der Waals surface area contributed by atoms with Gasteiger partial charge in [-0.1, -0.05) is 51.8 Å². The van der Waals surface area contributed by atoms with Gasteiger partial charge in [0.1, 0.15) is 5.75 Å². The molecule has 0 unspecified atom stereocenters. The van der Waals surface area contributed by atoms with Crippen molar-refractivity contribution in [2.24, 2.45) is 0 Å². The van der Waals surface area contributed by atoms with Crippen molar-refractivity contribution in [2.45, 2.75) is 5.75 Å². The number of rotatable bonds is 5. The molecule has 0 atom stereocenters. The van der Waals surface area contributed by atoms with Gasteiger partial charge in [0.15, 0.2) is 15.6 Å². The van der Waals surface area contributed by atoms with Crippen LogP contribution in [0.4, 0.5) is 0 Å². The third-order valence-corrected chi connectivity index (χ3v) is 5.02. The summed E-state index contributed by atoms with van der Waals surface area (Å²) < 4.78 is 24.9. The fourth-order valence-electron chi connectivity index (χ4n) is 1.83. The zero-order chi connectivity index (χ0) is 15.5. The summed E-state index contributed by atoms with van der Waals surface area (Å²) in [5, 5.41) is 0.543. The molecule has 6 heteroatoms. The number of hydrogen-bond acceptors (Lipinski definition) is 3. The van der Waals surface area contributed by atoms with E-state index < -0.39 is 21.4 Å². The standard InChI is InChI=1S/C15H12BrClO3S/c16-13-3-1-2-12(8-13)15(18)10-21(19,20)9-11-4-6-14(17)7-5-11/h1-8H,9-10H2. The molecular formula is C15H12BrClO3S. The molecule has 0 fully saturated rings. The molecule has 2 rings (SSSR count). The Balaban J connectivity index is 2.10. The van der Waals surface area contributed by atoms with Crippen LogP contribution < -0.4 is 0 Å². The molecule has 21 heavy (non-hydrogen) atoms. The van der Waals surface area contributed by atoms with E-state index in [1.165, 1.54) is 0 Å². The van der Waals surface area contributed by atoms with Crippen LogP contribution >= 0.6 is 27.5 Å². The summed E-state index contributed by atoms with van der Waals surface area (Å²) in [6.45, 7) is 0. The van der Waals surface area contributed by atoms with Crippen molar-refractivity contribution in [3.8, 4) is 0 Å². The number of sulfone groups is 1. The first-order valence-corrected chi connectivity index (χ1v) is 9.08. The third kappa shape index (κ3) is 4.95. The lowest BCUT2D eigenvalue weighted by atomic mass is 10.2. The number of carbonyl (C=O) groups is 1. The summed E-state index contributed by atoms with van der Waals surface area (Å²) >= 11 is 9.01. The average molecular weight is 388 g/mol. The molecule has 0 aromatic heterocycles. The molecule has 110 valence electrons. The number of Topliss-reactive ketones (excluding diaryl/α,β-unsaturated/α-hetero) is 1. The largest absolute Gasteiger partial charge is 0.293 e. The van der Waals surface area contributed by atoms with Crippen molar-refractivity contribution in [2.75, 3.05) is 5.75 Å². The van der Waals surface area contributed by atoms with Crippen molar-refractivity contribution >= 4 is 43.2 Å². The molecule has 0 amide bonds. The van der Waals surface area contributed by atoms with E-state index in [9.17, 15) is 13.2 Å². The van der Waals surface area contributed by atoms with E-state index in [-0.39, 0.29) is 5.75 Å². The van der Waals surface area contributed by atoms with E-state index in [1.54, 1.807) is 48.5 Å². The highest BCUT2D eigenvalue weighted by Crippen LogP contribution is 2.15. The summed E-state index contributed by atoms with van der Waals surface area (Å²) in [4.78, 5) is 12.0. The molecule has 0 bridgehead atoms. The Hall–Kier alpha value is -1.17. The molecule has 0 aliphatic carbocycles. The fraction of sp³-hybridized carbons (Fsp3) is 0.133. The molecular weight excluding hydrogens is 376 g/mol. The summed E-state index contributed by atoms with van der Waals surface area (Å²) in [7, 11) is -3.52. The van der Waals surface area contributed by atoms with Crippen LogP contribution in [0.15, 0.2) is 53.0 Å². The topological polar surface area (TPSA) is 51.2 Å². The molecule has 0 N–H and O–H groups in total. The number of halogens is 2. The minimum absolute atomic E-state index is 0.177. The Labute approximate surface area is 137 Å². The zero-order valence-corrected chi connectivity index (χ0v) is 14.1. The van der Waals surface area contributed by atoms with E-state index in [1.807, 2.05) is 0 Å². The van der Waals surface area contributed by atoms with Gasteiger partial charge in [-0.15, -0.1) is 0 Å². The number of hydrogen-bond donors (Lipinski definition) is 0. The Morgan fingerprint density at radius 1 is 1.10 bits per heavy atom. The van der Waals surface area contributed by atoms with Gasteiger partial charge >= 0.3 is 0 Å². The highest BCUT2D eigenvalue weighted by Gasteiger charge is 2.18. The summed E-state index contributed by atoms with van der Waals surface area (Å²) in [5.74, 6) is -1.10. The van der Waals surface area contributed by atoms with Gasteiger partial charge in [-0.2, -0.15) is 0 Å². The molecule has 0 radical (unpaired) electrons. The highest BCUT2D eigenvalue weighted by molar-refractivity contribution is 9.10. The maximum Gasteiger partial charge on any atom is 0.177 e. The van der Waals surface area contributed by atoms with Crippen molar-refractivity contribution in [3.63, 3.8) is 0 Å². The lowest BCUT2D eigenvalue weighted by Crippen LogP contribution is -2.18. The minimum Gasteiger partial charge on any atom is -0.293 e. The van der Waals surface area contributed by atoms with Gasteiger partial charge in [0.25, 0.3) is 0 Å². The first-order valence-electron chi connectivity index (χ1n) is 6.09. The molecule has 0 spiro atoms. The van der Waals surface area contributed by atoms with Crippen LogP contribution in [0, 0.1) is 0 Å². The first kappa shape index (κ1) is 16.2. The molecule has 0 aliphatic heterocycles. The van der Waals surface area contributed by atoms with Crippen molar-refractivity contribution < 1.29 is 13.2 Å². The number of ketones is 1. The van der Waals surface area contributed by atoms with Crippen LogP contribution in [0.25, 0.3) is 0 Å². The minimum atomic E-state index is -3.52. The highest BCUT2D eigenvalue weighted by atomic mass is 79.9. The van der Waals surface area contributed by atoms with Gasteiger partial charge in [-0.3, -0.25) is 4.79 Å². The molecule has 0 saturated carbocycles. The normalized spacial score (nSPS) is 11.3. The van der Waals surface area contributed by atoms with Gasteiger partial charge < -0.3 is 0 Å². The Morgan fingerprint density at radius 2 is 1.76 bits per heavy atom. The average Bonchev–Trinajstić information content (AvgIpc) is 2.40. The predicted molar refractivity (Wildman–Crippen MR) is 87.4 cm³/mol. The lowest BCUT2D eigenvalue weighted by Gasteiger charge is -2.05. The predicted octanol–water partition coefficient (Wildman–Crippen LogP) is 3.90. The molecule has 0 saturated heterocycles. The first-order chi connectivity index (χ1) is 9.85. The van der Waals surface area contributed by atoms with Gasteiger partial charge in [-0.25, -0.2) is 8.42 Å². The van der Waals surface area contributed by atoms with Gasteiger partial charge in [0.2, 0.25) is 0 Å². The SMILES string of the molecule is O=C(CS(=O)(=O)Cc1ccc(Cl)cc1)c1cccc(Br)c1. The summed E-state index contributed by atoms with van der Waals surface area (Å²) in [6, 6.07) is 13.2. The second-order valence-corrected chi connectivity index (χ2v) is 8.01. The fourth-order valence-corrected chi connectivity index (χ4v) is 3.72. The second kappa shape index (κ2) is 6.73. The van der Waals surface area contributed by atoms with Crippen LogP contribution in [0.3, 0.4) is 0 Å². The van der Waals surface area contributed by atoms with E-state index in [0.717, 1.165) is 4.47 Å². The molecule has 2 aromatic rings. The maximum atomic E-state index is 12.1. The molecule has 3 nitrogen and oxygen atoms in total. The second-order valence-electron chi connectivity index (χ2n) is 4.59. The molecule has 0 aliphatic rings. The monoisotopic (exact) mass is 386 g/mol. The van der Waals surface area contributed by atoms with Crippen LogP contribution in [0.2, 0.25) is 5.02 Å². The van der Waals surface area contributed by atoms with Crippen molar-refractivity contribution in [3.05, 3.63) is 69.2 Å². The molecule has 2 aromatic carbocycles. The van der Waals surface area contributed by atoms with Crippen LogP contribution in [-0.2, 0) is 15.6 Å². The van der Waals surface area contributed by atoms with Gasteiger partial charge in [0.05, 0.1) is 5.75 Å². The Kier molecular flexibility index (Phi) is 5.19. The molecule has 0 heterocycles. The lowest BCUT2D eigenvalue weighted by molar-refractivity contribution is 0.102. The Morgan fingerprint density at radius 3 is 2.38 bits per heavy atom. The zero-order valence-electron chi connectivity index (χ0n) is 10.9. The van der Waals surface area contributed by atoms with Crippen LogP contribution in [0.1, 0.15) is 15.9 Å². The van der Waals surface area contributed by atoms with E-state index in [2.05, 4.69) is 15.9 Å². The van der Waals surface area contributed by atoms with Gasteiger partial charge in [0, 0.05) is 15.1 Å². The maximum absolute atomic E-state index is 12.1. The van der Waals surface area contributed by atoms with Crippen molar-refractivity contribution in [1.82, 2.24) is 0 Å². The van der Waals surface area contributed by atoms with Gasteiger partial charge in [-0.05, 0) is 29.8 Å². The van der Waals surface area contributed by atoms with E-state index in [0.29, 0.717) is 16.1 Å². The van der Waals surface area contributed by atoms with E-state index in [4.69, 9.17) is 11.6 Å². The van der Waals surface area contributed by atoms with Crippen LogP contribution in [-0.4, -0.2) is 20.0 Å². The number of benzene rings is 2. The summed E-state index contributed by atoms with van der Waals surface area (Å²) in [6.07, 6.45) is 0. The quantitative estimate of drug-likeness (QED) is 0.731. The van der Waals surface area contributed by atoms with Crippen LogP contribution in [0.5, 0.6) is 0 Å². The van der Waals surface area contributed by atoms with E-state index >= 15 is 0 Å². The van der Waals surface area contributed by atoms with Crippen molar-refractivity contribution in [1.29, 1.82) is 0 Å². The third-order valence-electron chi connectivity index (χ3n) is 2.80. The summed E-state index contributed by atoms with van der Waals surface area (Å²) in [5.41, 5.74) is 0.991.